The van der Waals surface area contributed by atoms with Crippen LogP contribution in [0, 0.1) is 5.82 Å². The molecule has 39 heavy (non-hydrogen) atoms. The van der Waals surface area contributed by atoms with Gasteiger partial charge in [0, 0.05) is 21.5 Å². The first-order valence-electron chi connectivity index (χ1n) is 11.5. The highest BCUT2D eigenvalue weighted by atomic mass is 79.9. The number of nitrogens with zero attached hydrogens (tertiary/aromatic N) is 2. The third kappa shape index (κ3) is 8.18. The fourth-order valence-corrected chi connectivity index (χ4v) is 5.84. The number of halogens is 4. The van der Waals surface area contributed by atoms with Gasteiger partial charge in [-0.15, -0.1) is 11.3 Å². The molecule has 4 rings (SSSR count). The maximum absolute atomic E-state index is 14.1. The largest absolute Gasteiger partial charge is 0.490 e. The molecule has 0 saturated heterocycles. The molecule has 4 aromatic rings. The van der Waals surface area contributed by atoms with Gasteiger partial charge in [0.15, 0.2) is 15.8 Å². The Bertz CT molecular complexity index is 1470. The molecule has 6 nitrogen and oxygen atoms in total. The smallest absolute Gasteiger partial charge is 0.250 e. The van der Waals surface area contributed by atoms with E-state index in [1.807, 2.05) is 36.6 Å². The Kier molecular flexibility index (Phi) is 10.6. The van der Waals surface area contributed by atoms with Crippen LogP contribution in [0.2, 0.25) is 10.0 Å². The average molecular weight is 669 g/mol. The van der Waals surface area contributed by atoms with Gasteiger partial charge in [0.05, 0.1) is 33.8 Å². The molecule has 0 aliphatic heterocycles. The molecule has 1 aromatic heterocycles. The van der Waals surface area contributed by atoms with E-state index < -0.39 is 5.82 Å². The Morgan fingerprint density at radius 3 is 2.74 bits per heavy atom. The lowest BCUT2D eigenvalue weighted by atomic mass is 10.2. The molecule has 12 heteroatoms. The molecule has 0 spiro atoms. The highest BCUT2D eigenvalue weighted by Gasteiger charge is 2.15. The number of amides is 1. The number of hydrogen-bond donors (Lipinski definition) is 1. The van der Waals surface area contributed by atoms with Gasteiger partial charge in [-0.3, -0.25) is 4.79 Å². The van der Waals surface area contributed by atoms with Crippen LogP contribution in [0.4, 0.5) is 4.39 Å². The van der Waals surface area contributed by atoms with E-state index in [0.717, 1.165) is 15.6 Å². The molecule has 0 fully saturated rings. The van der Waals surface area contributed by atoms with E-state index in [2.05, 4.69) is 31.4 Å². The van der Waals surface area contributed by atoms with Crippen molar-refractivity contribution in [2.24, 2.45) is 5.10 Å². The maximum atomic E-state index is 14.1. The van der Waals surface area contributed by atoms with E-state index in [0.29, 0.717) is 33.2 Å². The number of carbonyl (C=O) groups is 1. The lowest BCUT2D eigenvalue weighted by molar-refractivity contribution is -0.118. The van der Waals surface area contributed by atoms with Gasteiger partial charge in [-0.2, -0.15) is 5.10 Å². The summed E-state index contributed by atoms with van der Waals surface area (Å²) >= 11 is 18.3. The van der Waals surface area contributed by atoms with E-state index >= 15 is 0 Å². The van der Waals surface area contributed by atoms with Gasteiger partial charge >= 0.3 is 0 Å². The lowest BCUT2D eigenvalue weighted by Crippen LogP contribution is -2.19. The van der Waals surface area contributed by atoms with E-state index in [1.165, 1.54) is 41.4 Å². The van der Waals surface area contributed by atoms with E-state index in [9.17, 15) is 9.18 Å². The van der Waals surface area contributed by atoms with Gasteiger partial charge < -0.3 is 9.47 Å². The summed E-state index contributed by atoms with van der Waals surface area (Å²) in [6.07, 6.45) is 1.50. The number of rotatable bonds is 11. The number of benzene rings is 3. The molecule has 0 aliphatic carbocycles. The van der Waals surface area contributed by atoms with Crippen LogP contribution in [-0.2, 0) is 11.4 Å². The van der Waals surface area contributed by atoms with Crippen molar-refractivity contribution >= 4 is 74.4 Å². The SMILES string of the molecule is CCOc1cc(/C=N/NC(=O)CSc2nc(-c3ccc(Cl)cc3)cs2)cc(Br)c1OCc1c(F)cccc1Cl. The maximum Gasteiger partial charge on any atom is 0.250 e. The monoisotopic (exact) mass is 667 g/mol. The van der Waals surface area contributed by atoms with Crippen LogP contribution in [-0.4, -0.2) is 29.5 Å². The van der Waals surface area contributed by atoms with Gasteiger partial charge in [0.1, 0.15) is 12.4 Å². The fraction of sp³-hybridized carbons (Fsp3) is 0.148. The predicted octanol–water partition coefficient (Wildman–Crippen LogP) is 8.24. The molecule has 0 radical (unpaired) electrons. The second-order valence-corrected chi connectivity index (χ2v) is 11.6. The summed E-state index contributed by atoms with van der Waals surface area (Å²) in [7, 11) is 0. The van der Waals surface area contributed by atoms with Gasteiger partial charge in [0.2, 0.25) is 0 Å². The summed E-state index contributed by atoms with van der Waals surface area (Å²) in [5.74, 6) is 0.263. The van der Waals surface area contributed by atoms with Crippen LogP contribution >= 0.6 is 62.2 Å². The second-order valence-electron chi connectivity index (χ2n) is 7.84. The van der Waals surface area contributed by atoms with Crippen molar-refractivity contribution in [1.29, 1.82) is 0 Å². The minimum atomic E-state index is -0.453. The first kappa shape index (κ1) is 29.4. The summed E-state index contributed by atoms with van der Waals surface area (Å²) in [4.78, 5) is 16.9. The molecule has 1 amide bonds. The van der Waals surface area contributed by atoms with E-state index in [4.69, 9.17) is 32.7 Å². The zero-order valence-corrected chi connectivity index (χ0v) is 25.2. The van der Waals surface area contributed by atoms with Crippen LogP contribution in [0.15, 0.2) is 73.9 Å². The molecule has 202 valence electrons. The lowest BCUT2D eigenvalue weighted by Gasteiger charge is -2.15. The minimum Gasteiger partial charge on any atom is -0.490 e. The summed E-state index contributed by atoms with van der Waals surface area (Å²) < 4.78 is 27.1. The Morgan fingerprint density at radius 2 is 2.00 bits per heavy atom. The molecule has 1 N–H and O–H groups in total. The summed E-state index contributed by atoms with van der Waals surface area (Å²) in [6, 6.07) is 15.4. The summed E-state index contributed by atoms with van der Waals surface area (Å²) in [5.41, 5.74) is 5.21. The van der Waals surface area contributed by atoms with Gasteiger partial charge in [-0.05, 0) is 64.8 Å². The van der Waals surface area contributed by atoms with Gasteiger partial charge in [-0.25, -0.2) is 14.8 Å². The van der Waals surface area contributed by atoms with Crippen molar-refractivity contribution in [2.45, 2.75) is 17.9 Å². The predicted molar refractivity (Wildman–Crippen MR) is 160 cm³/mol. The number of aromatic nitrogens is 1. The highest BCUT2D eigenvalue weighted by molar-refractivity contribution is 9.10. The van der Waals surface area contributed by atoms with Crippen molar-refractivity contribution in [3.63, 3.8) is 0 Å². The molecular formula is C27H21BrCl2FN3O3S2. The molecule has 0 aliphatic rings. The first-order valence-corrected chi connectivity index (χ1v) is 14.9. The van der Waals surface area contributed by atoms with Crippen molar-refractivity contribution in [3.05, 3.63) is 91.4 Å². The average Bonchev–Trinajstić information content (AvgIpc) is 3.38. The molecule has 1 heterocycles. The van der Waals surface area contributed by atoms with Crippen LogP contribution in [0.3, 0.4) is 0 Å². The molecular weight excluding hydrogens is 648 g/mol. The Labute approximate surface area is 251 Å². The van der Waals surface area contributed by atoms with Crippen molar-refractivity contribution < 1.29 is 18.7 Å². The number of hydrazone groups is 1. The first-order chi connectivity index (χ1) is 18.8. The van der Waals surface area contributed by atoms with Crippen LogP contribution in [0.25, 0.3) is 11.3 Å². The highest BCUT2D eigenvalue weighted by Crippen LogP contribution is 2.38. The summed E-state index contributed by atoms with van der Waals surface area (Å²) in [6.45, 7) is 2.14. The van der Waals surface area contributed by atoms with Crippen LogP contribution < -0.4 is 14.9 Å². The standard InChI is InChI=1S/C27H21BrCl2FN3O3S2/c1-2-36-24-11-16(10-20(28)26(24)37-13-19-21(30)4-3-5-22(19)31)12-32-34-25(35)15-39-27-33-23(14-38-27)17-6-8-18(29)9-7-17/h3-12,14H,2,13,15H2,1H3,(H,34,35)/b32-12+. The Morgan fingerprint density at radius 1 is 1.21 bits per heavy atom. The zero-order chi connectivity index (χ0) is 27.8. The number of nitrogens with one attached hydrogen (secondary N) is 1. The third-order valence-electron chi connectivity index (χ3n) is 5.11. The fourth-order valence-electron chi connectivity index (χ4n) is 3.30. The molecule has 0 saturated carbocycles. The van der Waals surface area contributed by atoms with Crippen molar-refractivity contribution in [2.75, 3.05) is 12.4 Å². The number of ether oxygens (including phenoxy) is 2. The quantitative estimate of drug-likeness (QED) is 0.0990. The van der Waals surface area contributed by atoms with Gasteiger partial charge in [0.25, 0.3) is 5.91 Å². The molecule has 3 aromatic carbocycles. The normalized spacial score (nSPS) is 11.1. The van der Waals surface area contributed by atoms with Crippen molar-refractivity contribution in [1.82, 2.24) is 10.4 Å². The van der Waals surface area contributed by atoms with E-state index in [-0.39, 0.29) is 28.9 Å². The Hall–Kier alpha value is -2.63. The van der Waals surface area contributed by atoms with Crippen molar-refractivity contribution in [3.8, 4) is 22.8 Å². The Balaban J connectivity index is 1.34. The number of hydrogen-bond acceptors (Lipinski definition) is 7. The van der Waals surface area contributed by atoms with Crippen LogP contribution in [0.5, 0.6) is 11.5 Å². The van der Waals surface area contributed by atoms with Gasteiger partial charge in [-0.1, -0.05) is 53.2 Å². The zero-order valence-electron chi connectivity index (χ0n) is 20.4. The third-order valence-corrected chi connectivity index (χ3v) is 8.32. The summed E-state index contributed by atoms with van der Waals surface area (Å²) in [5, 5.41) is 6.93. The number of thiazole rings is 1. The molecule has 0 atom stereocenters. The number of carbonyl (C=O) groups excluding carboxylic acids is 1. The second kappa shape index (κ2) is 14.1. The minimum absolute atomic E-state index is 0.0777. The molecule has 0 bridgehead atoms. The topological polar surface area (TPSA) is 72.8 Å². The van der Waals surface area contributed by atoms with Crippen LogP contribution in [0.1, 0.15) is 18.1 Å². The number of thioether (sulfide) groups is 1. The molecule has 0 unspecified atom stereocenters. The van der Waals surface area contributed by atoms with E-state index in [1.54, 1.807) is 18.2 Å².